The van der Waals surface area contributed by atoms with Crippen LogP contribution in [0.3, 0.4) is 0 Å². The minimum atomic E-state index is -5.02. The summed E-state index contributed by atoms with van der Waals surface area (Å²) in [6.45, 7) is 11.9. The molecule has 440 valence electrons. The summed E-state index contributed by atoms with van der Waals surface area (Å²) in [5.74, 6) is -0.970. The molecule has 9 rings (SSSR count). The molecular formula is C54H53N8O16S6+. The van der Waals surface area contributed by atoms with E-state index in [4.69, 9.17) is 10.1 Å². The minimum Gasteiger partial charge on any atom is -0.348 e. The van der Waals surface area contributed by atoms with E-state index in [-0.39, 0.29) is 45.2 Å². The second-order valence-electron chi connectivity index (χ2n) is 20.6. The molecule has 30 heteroatoms. The number of hydrogen-bond donors (Lipinski definition) is 7. The summed E-state index contributed by atoms with van der Waals surface area (Å²) in [4.78, 5) is 30.0. The molecule has 2 amide bonds. The molecule has 84 heavy (non-hydrogen) atoms. The average molecular weight is 1260 g/mol. The van der Waals surface area contributed by atoms with Crippen LogP contribution in [0.5, 0.6) is 0 Å². The van der Waals surface area contributed by atoms with Gasteiger partial charge >= 0.3 is 0 Å². The molecule has 2 aromatic heterocycles. The number of hydrogen-bond acceptors (Lipinski definition) is 17. The molecule has 0 spiro atoms. The summed E-state index contributed by atoms with van der Waals surface area (Å²) in [6, 6.07) is 19.8. The van der Waals surface area contributed by atoms with Gasteiger partial charge < -0.3 is 15.5 Å². The van der Waals surface area contributed by atoms with Crippen LogP contribution >= 0.6 is 11.3 Å². The molecule has 0 atom stereocenters. The molecule has 2 aliphatic heterocycles. The van der Waals surface area contributed by atoms with Crippen molar-refractivity contribution in [3.05, 3.63) is 155 Å². The third kappa shape index (κ3) is 11.8. The standard InChI is InChI=1S/C54H52N8O16S6/c1-7-61-41-19-16-36-38(24-34(81(67,68)69)26-43(36)83(73,74)75)48(41)53(3,4)45(61)21-14-32(15-22-46-54(5,6)49-39-25-35(82(70,71)72)27-44(84(76,77)78)37(39)17-20-42(49)62(46)8-2)40-18-13-33(29-56-40)50(64)57-28-31-11-9-30(10-12-31)23-47(63)58-51-59-60-52(79-51)80(55,65)66/h9-22,24-27,29H,7-8,23,28H2,1-6H3,(H7-,55,57,58,59,63,64,65,66,67,68,69,70,71,72,73,74,75,76,77,78)/p+1. The third-order valence-corrected chi connectivity index (χ3v) is 20.1. The van der Waals surface area contributed by atoms with Crippen LogP contribution in [0.15, 0.2) is 145 Å². The SMILES string of the molecule is CCN1/C(=C/C=C(/C=C/C2=[N+](CC)c3ccc4c(S(=O)(=O)O)cc(S(=O)(=O)O)cc4c3C2(C)C)c2ccc(C(=O)NCc3ccc(CC(=O)Nc4nnc(S(N)(=O)=O)s4)cc3)cn2)C(C)(C)c2c1ccc1c(S(=O)(=O)O)cc(S(=O)(=O)O)cc21. The number of nitrogens with two attached hydrogens (primary N) is 1. The number of primary sulfonamides is 1. The van der Waals surface area contributed by atoms with Crippen LogP contribution in [-0.4, -0.2) is 111 Å². The van der Waals surface area contributed by atoms with E-state index < -0.39 is 97.1 Å². The number of carbonyl (C=O) groups excluding carboxylic acids is 2. The topological polar surface area (TPSA) is 381 Å². The van der Waals surface area contributed by atoms with Crippen molar-refractivity contribution in [3.63, 3.8) is 0 Å². The predicted octanol–water partition coefficient (Wildman–Crippen LogP) is 6.72. The zero-order valence-electron chi connectivity index (χ0n) is 45.2. The van der Waals surface area contributed by atoms with Crippen LogP contribution in [0.4, 0.5) is 16.5 Å². The van der Waals surface area contributed by atoms with Gasteiger partial charge in [-0.25, -0.2) is 13.6 Å². The summed E-state index contributed by atoms with van der Waals surface area (Å²) in [7, 11) is -24.1. The van der Waals surface area contributed by atoms with Crippen LogP contribution in [0.2, 0.25) is 0 Å². The lowest BCUT2D eigenvalue weighted by atomic mass is 9.79. The molecule has 5 aromatic carbocycles. The highest BCUT2D eigenvalue weighted by molar-refractivity contribution is 7.91. The zero-order chi connectivity index (χ0) is 61.4. The number of nitrogens with one attached hydrogen (secondary N) is 2. The van der Waals surface area contributed by atoms with Gasteiger partial charge in [0, 0.05) is 70.1 Å². The van der Waals surface area contributed by atoms with Crippen LogP contribution in [-0.2, 0) is 79.1 Å². The fourth-order valence-corrected chi connectivity index (χ4v) is 14.8. The van der Waals surface area contributed by atoms with Crippen molar-refractivity contribution in [2.24, 2.45) is 5.14 Å². The number of benzene rings is 5. The monoisotopic (exact) mass is 1260 g/mol. The van der Waals surface area contributed by atoms with Gasteiger partial charge in [-0.2, -0.15) is 38.2 Å². The summed E-state index contributed by atoms with van der Waals surface area (Å²) in [5.41, 5.74) is 3.59. The Morgan fingerprint density at radius 3 is 1.81 bits per heavy atom. The maximum absolute atomic E-state index is 13.6. The fourth-order valence-electron chi connectivity index (χ4n) is 10.7. The minimum absolute atomic E-state index is 0.00340. The third-order valence-electron chi connectivity index (χ3n) is 14.5. The van der Waals surface area contributed by atoms with Gasteiger partial charge in [0.15, 0.2) is 5.71 Å². The van der Waals surface area contributed by atoms with Gasteiger partial charge in [0.25, 0.3) is 56.4 Å². The van der Waals surface area contributed by atoms with Gasteiger partial charge in [0.1, 0.15) is 16.3 Å². The predicted molar refractivity (Wildman–Crippen MR) is 312 cm³/mol. The van der Waals surface area contributed by atoms with Crippen LogP contribution in [0.25, 0.3) is 27.1 Å². The molecule has 4 heterocycles. The van der Waals surface area contributed by atoms with E-state index in [2.05, 4.69) is 20.8 Å². The van der Waals surface area contributed by atoms with E-state index in [0.29, 0.717) is 92.9 Å². The van der Waals surface area contributed by atoms with Gasteiger partial charge in [0.2, 0.25) is 21.1 Å². The first-order valence-corrected chi connectivity index (χ1v) is 33.3. The first-order chi connectivity index (χ1) is 39.0. The smallest absolute Gasteiger partial charge is 0.295 e. The second kappa shape index (κ2) is 21.9. The van der Waals surface area contributed by atoms with Gasteiger partial charge in [-0.15, -0.1) is 10.2 Å². The first-order valence-electron chi connectivity index (χ1n) is 25.2. The number of amides is 2. The molecule has 8 N–H and O–H groups in total. The first kappa shape index (κ1) is 61.1. The van der Waals surface area contributed by atoms with E-state index in [1.807, 2.05) is 51.0 Å². The van der Waals surface area contributed by atoms with E-state index in [1.165, 1.54) is 18.3 Å². The molecular weight excluding hydrogens is 1210 g/mol. The summed E-state index contributed by atoms with van der Waals surface area (Å²) in [6.07, 6.45) is 8.40. The Kier molecular flexibility index (Phi) is 15.9. The van der Waals surface area contributed by atoms with Crippen LogP contribution in [0.1, 0.15) is 79.8 Å². The van der Waals surface area contributed by atoms with Gasteiger partial charge in [-0.1, -0.05) is 61.6 Å². The van der Waals surface area contributed by atoms with E-state index in [9.17, 15) is 69.9 Å². The molecule has 0 saturated heterocycles. The highest BCUT2D eigenvalue weighted by atomic mass is 32.3. The second-order valence-corrected chi connectivity index (χ2v) is 28.9. The van der Waals surface area contributed by atoms with Crippen molar-refractivity contribution < 1.29 is 74.5 Å². The summed E-state index contributed by atoms with van der Waals surface area (Å²) >= 11 is 0.606. The number of carbonyl (C=O) groups is 2. The number of aromatic nitrogens is 3. The molecule has 2 aliphatic rings. The maximum Gasteiger partial charge on any atom is 0.295 e. The Morgan fingerprint density at radius 2 is 1.29 bits per heavy atom. The Balaban J connectivity index is 1.08. The lowest BCUT2D eigenvalue weighted by Gasteiger charge is -2.26. The maximum atomic E-state index is 13.6. The Morgan fingerprint density at radius 1 is 0.702 bits per heavy atom. The van der Waals surface area contributed by atoms with Crippen molar-refractivity contribution >= 4 is 123 Å². The molecule has 0 aliphatic carbocycles. The highest BCUT2D eigenvalue weighted by Gasteiger charge is 2.46. The Hall–Kier alpha value is -7.49. The van der Waals surface area contributed by atoms with Crippen LogP contribution in [0, 0.1) is 0 Å². The normalized spacial score (nSPS) is 16.0. The molecule has 0 unspecified atom stereocenters. The quantitative estimate of drug-likeness (QED) is 0.0215. The number of anilines is 2. The van der Waals surface area contributed by atoms with Gasteiger partial charge in [-0.05, 0) is 116 Å². The lowest BCUT2D eigenvalue weighted by molar-refractivity contribution is -0.433. The Labute approximate surface area is 487 Å². The van der Waals surface area contributed by atoms with Crippen molar-refractivity contribution in [3.8, 4) is 0 Å². The fraction of sp³-hybridized carbons (Fsp3) is 0.222. The van der Waals surface area contributed by atoms with Gasteiger partial charge in [0.05, 0.1) is 32.9 Å². The van der Waals surface area contributed by atoms with Crippen molar-refractivity contribution in [2.45, 2.75) is 89.3 Å². The van der Waals surface area contributed by atoms with E-state index in [0.717, 1.165) is 12.1 Å². The van der Waals surface area contributed by atoms with Crippen LogP contribution < -0.4 is 20.7 Å². The largest absolute Gasteiger partial charge is 0.348 e. The van der Waals surface area contributed by atoms with E-state index >= 15 is 0 Å². The number of sulfonamides is 1. The van der Waals surface area contributed by atoms with Crippen molar-refractivity contribution in [1.82, 2.24) is 20.5 Å². The molecule has 0 bridgehead atoms. The van der Waals surface area contributed by atoms with Crippen molar-refractivity contribution in [2.75, 3.05) is 23.3 Å². The summed E-state index contributed by atoms with van der Waals surface area (Å²) < 4.78 is 166. The lowest BCUT2D eigenvalue weighted by Crippen LogP contribution is -2.28. The molecule has 24 nitrogen and oxygen atoms in total. The Bertz CT molecular complexity index is 4690. The number of likely N-dealkylation sites (N-methyl/N-ethyl adjacent to an activating group) is 1. The number of fused-ring (bicyclic) bond motifs is 6. The van der Waals surface area contributed by atoms with Crippen molar-refractivity contribution in [1.29, 1.82) is 0 Å². The molecule has 0 radical (unpaired) electrons. The number of rotatable bonds is 17. The number of nitrogens with zero attached hydrogens (tertiary/aromatic N) is 5. The molecule has 0 saturated carbocycles. The highest BCUT2D eigenvalue weighted by Crippen LogP contribution is 2.52. The summed E-state index contributed by atoms with van der Waals surface area (Å²) in [5, 5.41) is 17.7. The zero-order valence-corrected chi connectivity index (χ0v) is 50.1. The van der Waals surface area contributed by atoms with E-state index in [1.54, 1.807) is 72.8 Å². The number of allylic oxidation sites excluding steroid dienone is 6. The average Bonchev–Trinajstić information content (AvgIpc) is 1.73. The molecule has 7 aromatic rings. The molecule has 0 fully saturated rings. The van der Waals surface area contributed by atoms with Gasteiger partial charge in [-0.3, -0.25) is 32.8 Å². The number of pyridine rings is 1.